The van der Waals surface area contributed by atoms with Crippen LogP contribution in [0.2, 0.25) is 5.02 Å². The molecule has 0 saturated heterocycles. The van der Waals surface area contributed by atoms with Crippen LogP contribution in [-0.4, -0.2) is 25.1 Å². The molecule has 26 heavy (non-hydrogen) atoms. The maximum absolute atomic E-state index is 14.4. The molecule has 3 nitrogen and oxygen atoms in total. The number of ether oxygens (including phenoxy) is 1. The molecule has 0 spiro atoms. The van der Waals surface area contributed by atoms with E-state index < -0.39 is 21.3 Å². The highest BCUT2D eigenvalue weighted by molar-refractivity contribution is 7.90. The number of benzene rings is 2. The molecule has 0 atom stereocenters. The largest absolute Gasteiger partial charge is 0.481 e. The molecule has 2 aromatic carbocycles. The summed E-state index contributed by atoms with van der Waals surface area (Å²) in [7, 11) is -3.65. The van der Waals surface area contributed by atoms with E-state index in [4.69, 9.17) is 28.6 Å². The second kappa shape index (κ2) is 6.44. The molecule has 1 heterocycles. The molecule has 0 saturated carbocycles. The van der Waals surface area contributed by atoms with Crippen molar-refractivity contribution >= 4 is 49.9 Å². The number of thiocarbonyl (C=S) groups is 1. The fourth-order valence-electron chi connectivity index (χ4n) is 2.81. The lowest BCUT2D eigenvalue weighted by Gasteiger charge is -2.20. The molecule has 0 aliphatic carbocycles. The second-order valence-corrected chi connectivity index (χ2v) is 9.40. The van der Waals surface area contributed by atoms with Gasteiger partial charge in [0.1, 0.15) is 22.1 Å². The van der Waals surface area contributed by atoms with Crippen molar-refractivity contribution in [2.24, 2.45) is 0 Å². The molecular weight excluding hydrogens is 395 g/mol. The summed E-state index contributed by atoms with van der Waals surface area (Å²) < 4.78 is 43.7. The van der Waals surface area contributed by atoms with E-state index in [1.54, 1.807) is 18.2 Å². The average Bonchev–Trinajstić information content (AvgIpc) is 2.76. The van der Waals surface area contributed by atoms with Gasteiger partial charge in [-0.25, -0.2) is 12.8 Å². The van der Waals surface area contributed by atoms with Gasteiger partial charge in [0, 0.05) is 22.4 Å². The number of hydrogen-bond donors (Lipinski definition) is 0. The van der Waals surface area contributed by atoms with E-state index in [1.165, 1.54) is 12.1 Å². The van der Waals surface area contributed by atoms with Crippen LogP contribution < -0.4 is 0 Å². The van der Waals surface area contributed by atoms with Crippen LogP contribution in [0, 0.1) is 5.82 Å². The standard InChI is InChI=1S/C19H16ClFO3S2/c1-19(2)18(25)16(11-5-4-6-13(20)9-11)17(24-19)12-7-8-15(14(21)10-12)26(3,22)23/h4-10H,1-3H3. The van der Waals surface area contributed by atoms with Gasteiger partial charge in [0.2, 0.25) is 0 Å². The van der Waals surface area contributed by atoms with Crippen molar-refractivity contribution < 1.29 is 17.5 Å². The minimum atomic E-state index is -3.65. The monoisotopic (exact) mass is 410 g/mol. The molecule has 0 fully saturated rings. The Morgan fingerprint density at radius 1 is 1.12 bits per heavy atom. The zero-order chi connectivity index (χ0) is 19.3. The molecule has 1 aliphatic rings. The van der Waals surface area contributed by atoms with Crippen molar-refractivity contribution in [2.75, 3.05) is 6.26 Å². The van der Waals surface area contributed by atoms with Gasteiger partial charge in [-0.15, -0.1) is 0 Å². The maximum atomic E-state index is 14.4. The fourth-order valence-corrected chi connectivity index (χ4v) is 3.98. The molecule has 3 rings (SSSR count). The van der Waals surface area contributed by atoms with Gasteiger partial charge in [-0.2, -0.15) is 0 Å². The van der Waals surface area contributed by atoms with Crippen molar-refractivity contribution in [3.63, 3.8) is 0 Å². The van der Waals surface area contributed by atoms with E-state index >= 15 is 0 Å². The van der Waals surface area contributed by atoms with Gasteiger partial charge in [-0.3, -0.25) is 0 Å². The van der Waals surface area contributed by atoms with Crippen molar-refractivity contribution in [2.45, 2.75) is 24.3 Å². The van der Waals surface area contributed by atoms with Gasteiger partial charge in [-0.05, 0) is 49.7 Å². The Morgan fingerprint density at radius 3 is 2.38 bits per heavy atom. The highest BCUT2D eigenvalue weighted by Gasteiger charge is 2.39. The van der Waals surface area contributed by atoms with Crippen LogP contribution in [0.4, 0.5) is 4.39 Å². The van der Waals surface area contributed by atoms with Gasteiger partial charge >= 0.3 is 0 Å². The Hall–Kier alpha value is -1.76. The first-order chi connectivity index (χ1) is 12.0. The Kier molecular flexibility index (Phi) is 4.71. The third-order valence-corrected chi connectivity index (χ3v) is 6.13. The lowest BCUT2D eigenvalue weighted by atomic mass is 9.94. The SMILES string of the molecule is CC1(C)OC(c2ccc(S(C)(=O)=O)c(F)c2)=C(c2cccc(Cl)c2)C1=S. The van der Waals surface area contributed by atoms with Gasteiger partial charge in [0.25, 0.3) is 0 Å². The van der Waals surface area contributed by atoms with E-state index in [0.29, 0.717) is 26.8 Å². The molecule has 0 aromatic heterocycles. The summed E-state index contributed by atoms with van der Waals surface area (Å²) in [5.74, 6) is -0.427. The van der Waals surface area contributed by atoms with E-state index in [1.807, 2.05) is 19.9 Å². The second-order valence-electron chi connectivity index (χ2n) is 6.57. The highest BCUT2D eigenvalue weighted by Crippen LogP contribution is 2.42. The Bertz CT molecular complexity index is 1060. The van der Waals surface area contributed by atoms with Gasteiger partial charge in [-0.1, -0.05) is 36.0 Å². The summed E-state index contributed by atoms with van der Waals surface area (Å²) in [6.45, 7) is 3.65. The minimum Gasteiger partial charge on any atom is -0.481 e. The van der Waals surface area contributed by atoms with Crippen LogP contribution in [0.3, 0.4) is 0 Å². The lowest BCUT2D eigenvalue weighted by molar-refractivity contribution is 0.160. The van der Waals surface area contributed by atoms with Crippen LogP contribution in [0.1, 0.15) is 25.0 Å². The first-order valence-corrected chi connectivity index (χ1v) is 10.4. The smallest absolute Gasteiger partial charge is 0.178 e. The third-order valence-electron chi connectivity index (χ3n) is 4.06. The quantitative estimate of drug-likeness (QED) is 0.673. The molecule has 1 aliphatic heterocycles. The first kappa shape index (κ1) is 19.0. The van der Waals surface area contributed by atoms with Crippen LogP contribution in [0.25, 0.3) is 11.3 Å². The van der Waals surface area contributed by atoms with E-state index in [0.717, 1.165) is 17.9 Å². The number of sulfone groups is 1. The summed E-state index contributed by atoms with van der Waals surface area (Å²) in [5.41, 5.74) is 1.07. The molecule has 0 N–H and O–H groups in total. The van der Waals surface area contributed by atoms with Crippen molar-refractivity contribution in [3.8, 4) is 0 Å². The summed E-state index contributed by atoms with van der Waals surface area (Å²) >= 11 is 11.7. The van der Waals surface area contributed by atoms with Crippen molar-refractivity contribution in [3.05, 3.63) is 64.4 Å². The molecule has 136 valence electrons. The van der Waals surface area contributed by atoms with E-state index in [2.05, 4.69) is 0 Å². The summed E-state index contributed by atoms with van der Waals surface area (Å²) in [6.07, 6.45) is 0.964. The van der Waals surface area contributed by atoms with Gasteiger partial charge < -0.3 is 4.74 Å². The molecule has 2 aromatic rings. The normalized spacial score (nSPS) is 16.7. The zero-order valence-corrected chi connectivity index (χ0v) is 16.7. The predicted octanol–water partition coefficient (Wildman–Crippen LogP) is 4.93. The fraction of sp³-hybridized carbons (Fsp3) is 0.211. The van der Waals surface area contributed by atoms with Gasteiger partial charge in [0.15, 0.2) is 9.84 Å². The zero-order valence-electron chi connectivity index (χ0n) is 14.3. The summed E-state index contributed by atoms with van der Waals surface area (Å²) in [5, 5.41) is 0.542. The average molecular weight is 411 g/mol. The van der Waals surface area contributed by atoms with E-state index in [9.17, 15) is 12.8 Å². The predicted molar refractivity (Wildman–Crippen MR) is 106 cm³/mol. The molecule has 7 heteroatoms. The Morgan fingerprint density at radius 2 is 1.81 bits per heavy atom. The lowest BCUT2D eigenvalue weighted by Crippen LogP contribution is -2.27. The molecule has 0 unspecified atom stereocenters. The van der Waals surface area contributed by atoms with Crippen LogP contribution in [0.15, 0.2) is 47.4 Å². The van der Waals surface area contributed by atoms with Crippen LogP contribution in [0.5, 0.6) is 0 Å². The molecule has 0 amide bonds. The Balaban J connectivity index is 2.22. The molecular formula is C19H16ClFO3S2. The van der Waals surface area contributed by atoms with Gasteiger partial charge in [0.05, 0.1) is 4.86 Å². The minimum absolute atomic E-state index is 0.356. The van der Waals surface area contributed by atoms with Crippen LogP contribution in [-0.2, 0) is 14.6 Å². The highest BCUT2D eigenvalue weighted by atomic mass is 35.5. The first-order valence-electron chi connectivity index (χ1n) is 7.75. The number of halogens is 2. The molecule has 0 bridgehead atoms. The topological polar surface area (TPSA) is 43.4 Å². The van der Waals surface area contributed by atoms with Crippen molar-refractivity contribution in [1.82, 2.24) is 0 Å². The third kappa shape index (κ3) is 3.41. The maximum Gasteiger partial charge on any atom is 0.178 e. The van der Waals surface area contributed by atoms with Crippen molar-refractivity contribution in [1.29, 1.82) is 0 Å². The summed E-state index contributed by atoms with van der Waals surface area (Å²) in [4.78, 5) is 0.216. The number of rotatable bonds is 3. The Labute approximate surface area is 162 Å². The van der Waals surface area contributed by atoms with Crippen LogP contribution >= 0.6 is 23.8 Å². The van der Waals surface area contributed by atoms with E-state index in [-0.39, 0.29) is 4.90 Å². The molecule has 0 radical (unpaired) electrons. The number of hydrogen-bond acceptors (Lipinski definition) is 4. The summed E-state index contributed by atoms with van der Waals surface area (Å²) in [6, 6.07) is 11.1.